The minimum absolute atomic E-state index is 0.131. The molecule has 0 aliphatic rings. The maximum absolute atomic E-state index is 11.0. The molecule has 114 valence electrons. The van der Waals surface area contributed by atoms with Gasteiger partial charge in [0.15, 0.2) is 5.75 Å². The molecule has 0 aliphatic carbocycles. The Morgan fingerprint density at radius 3 is 2.45 bits per heavy atom. The van der Waals surface area contributed by atoms with Gasteiger partial charge in [0.05, 0.1) is 18.1 Å². The Bertz CT molecular complexity index is 698. The van der Waals surface area contributed by atoms with Crippen LogP contribution >= 0.6 is 0 Å². The van der Waals surface area contributed by atoms with Gasteiger partial charge >= 0.3 is 5.69 Å². The number of nitrogens with two attached hydrogens (primary N) is 1. The van der Waals surface area contributed by atoms with Gasteiger partial charge in [-0.2, -0.15) is 0 Å². The quantitative estimate of drug-likeness (QED) is 0.651. The van der Waals surface area contributed by atoms with Crippen LogP contribution in [0.1, 0.15) is 15.9 Å². The lowest BCUT2D eigenvalue weighted by molar-refractivity contribution is -0.386. The fourth-order valence-electron chi connectivity index (χ4n) is 1.82. The lowest BCUT2D eigenvalue weighted by Crippen LogP contribution is -2.10. The molecular weight excluding hydrogens is 288 g/mol. The zero-order chi connectivity index (χ0) is 16.1. The maximum atomic E-state index is 11.0. The van der Waals surface area contributed by atoms with Crippen molar-refractivity contribution in [3.8, 4) is 11.5 Å². The predicted octanol–water partition coefficient (Wildman–Crippen LogP) is 2.28. The smallest absolute Gasteiger partial charge is 0.314 e. The van der Waals surface area contributed by atoms with Gasteiger partial charge in [0, 0.05) is 5.56 Å². The summed E-state index contributed by atoms with van der Waals surface area (Å²) in [5.74, 6) is 0.00731. The van der Waals surface area contributed by atoms with Crippen LogP contribution in [0.2, 0.25) is 0 Å². The van der Waals surface area contributed by atoms with Gasteiger partial charge in [0.1, 0.15) is 12.4 Å². The van der Waals surface area contributed by atoms with Gasteiger partial charge in [-0.05, 0) is 29.8 Å². The number of nitro groups is 1. The summed E-state index contributed by atoms with van der Waals surface area (Å²) in [5.41, 5.74) is 6.13. The number of ether oxygens (including phenoxy) is 2. The molecule has 0 unspecified atom stereocenters. The number of primary amides is 1. The lowest BCUT2D eigenvalue weighted by Gasteiger charge is -2.08. The van der Waals surface area contributed by atoms with Gasteiger partial charge in [-0.25, -0.2) is 0 Å². The van der Waals surface area contributed by atoms with Crippen molar-refractivity contribution in [2.24, 2.45) is 5.73 Å². The standard InChI is InChI=1S/C15H14N2O5/c1-21-12-6-7-14(13(8-12)17(19)20)22-9-10-2-4-11(5-3-10)15(16)18/h2-8H,9H2,1H3,(H2,16,18). The number of nitrogens with zero attached hydrogens (tertiary/aromatic N) is 1. The van der Waals surface area contributed by atoms with Gasteiger partial charge in [0.25, 0.3) is 0 Å². The molecule has 0 aliphatic heterocycles. The molecule has 2 rings (SSSR count). The molecule has 0 spiro atoms. The molecule has 7 nitrogen and oxygen atoms in total. The Balaban J connectivity index is 2.14. The Hall–Kier alpha value is -3.09. The number of amides is 1. The third kappa shape index (κ3) is 3.51. The van der Waals surface area contributed by atoms with E-state index < -0.39 is 10.8 Å². The van der Waals surface area contributed by atoms with Crippen molar-refractivity contribution in [2.75, 3.05) is 7.11 Å². The highest BCUT2D eigenvalue weighted by Crippen LogP contribution is 2.31. The molecule has 2 aromatic rings. The van der Waals surface area contributed by atoms with E-state index in [-0.39, 0.29) is 18.0 Å². The fourth-order valence-corrected chi connectivity index (χ4v) is 1.82. The van der Waals surface area contributed by atoms with Gasteiger partial charge in [-0.15, -0.1) is 0 Å². The molecule has 2 N–H and O–H groups in total. The summed E-state index contributed by atoms with van der Waals surface area (Å²) in [6.07, 6.45) is 0. The summed E-state index contributed by atoms with van der Waals surface area (Å²) in [6.45, 7) is 0.131. The average molecular weight is 302 g/mol. The summed E-state index contributed by atoms with van der Waals surface area (Å²) >= 11 is 0. The average Bonchev–Trinajstić information content (AvgIpc) is 2.53. The van der Waals surface area contributed by atoms with Crippen LogP contribution in [0.25, 0.3) is 0 Å². The van der Waals surface area contributed by atoms with Gasteiger partial charge in [-0.3, -0.25) is 14.9 Å². The molecule has 2 aromatic carbocycles. The van der Waals surface area contributed by atoms with Crippen LogP contribution in [0.5, 0.6) is 11.5 Å². The SMILES string of the molecule is COc1ccc(OCc2ccc(C(N)=O)cc2)c([N+](=O)[O-])c1. The van der Waals surface area contributed by atoms with E-state index in [1.54, 1.807) is 30.3 Å². The van der Waals surface area contributed by atoms with E-state index in [4.69, 9.17) is 15.2 Å². The minimum atomic E-state index is -0.534. The topological polar surface area (TPSA) is 105 Å². The number of carbonyl (C=O) groups is 1. The maximum Gasteiger partial charge on any atom is 0.314 e. The third-order valence-corrected chi connectivity index (χ3v) is 3.00. The summed E-state index contributed by atoms with van der Waals surface area (Å²) in [7, 11) is 1.43. The zero-order valence-corrected chi connectivity index (χ0v) is 11.8. The molecule has 0 atom stereocenters. The highest BCUT2D eigenvalue weighted by atomic mass is 16.6. The molecule has 1 amide bonds. The van der Waals surface area contributed by atoms with E-state index in [2.05, 4.69) is 0 Å². The molecule has 0 heterocycles. The Morgan fingerprint density at radius 1 is 1.23 bits per heavy atom. The molecule has 7 heteroatoms. The second kappa shape index (κ2) is 6.57. The first kappa shape index (κ1) is 15.3. The van der Waals surface area contributed by atoms with E-state index in [0.29, 0.717) is 11.3 Å². The molecule has 0 saturated carbocycles. The van der Waals surface area contributed by atoms with Crippen LogP contribution in [-0.4, -0.2) is 17.9 Å². The zero-order valence-electron chi connectivity index (χ0n) is 11.8. The molecular formula is C15H14N2O5. The molecule has 0 radical (unpaired) electrons. The lowest BCUT2D eigenvalue weighted by atomic mass is 10.1. The van der Waals surface area contributed by atoms with Crippen molar-refractivity contribution >= 4 is 11.6 Å². The summed E-state index contributed by atoms with van der Waals surface area (Å²) in [6, 6.07) is 10.9. The number of carbonyl (C=O) groups excluding carboxylic acids is 1. The first-order valence-corrected chi connectivity index (χ1v) is 6.35. The summed E-state index contributed by atoms with van der Waals surface area (Å²) < 4.78 is 10.4. The highest BCUT2D eigenvalue weighted by molar-refractivity contribution is 5.92. The molecule has 0 aromatic heterocycles. The summed E-state index contributed by atoms with van der Waals surface area (Å²) in [5, 5.41) is 11.0. The normalized spacial score (nSPS) is 10.0. The van der Waals surface area contributed by atoms with Crippen molar-refractivity contribution in [1.82, 2.24) is 0 Å². The van der Waals surface area contributed by atoms with Crippen molar-refractivity contribution in [3.05, 3.63) is 63.7 Å². The fraction of sp³-hybridized carbons (Fsp3) is 0.133. The Kier molecular flexibility index (Phi) is 4.57. The van der Waals surface area contributed by atoms with E-state index in [1.807, 2.05) is 0 Å². The third-order valence-electron chi connectivity index (χ3n) is 3.00. The number of hydrogen-bond donors (Lipinski definition) is 1. The number of hydrogen-bond acceptors (Lipinski definition) is 5. The second-order valence-corrected chi connectivity index (χ2v) is 4.44. The molecule has 22 heavy (non-hydrogen) atoms. The Labute approximate surface area is 126 Å². The van der Waals surface area contributed by atoms with E-state index in [9.17, 15) is 14.9 Å². The van der Waals surface area contributed by atoms with Crippen LogP contribution in [0.4, 0.5) is 5.69 Å². The number of rotatable bonds is 6. The number of benzene rings is 2. The van der Waals surface area contributed by atoms with E-state index >= 15 is 0 Å². The van der Waals surface area contributed by atoms with Gasteiger partial charge in [-0.1, -0.05) is 12.1 Å². The van der Waals surface area contributed by atoms with Gasteiger partial charge in [0.2, 0.25) is 5.91 Å². The number of nitro benzene ring substituents is 1. The van der Waals surface area contributed by atoms with Crippen LogP contribution in [0, 0.1) is 10.1 Å². The van der Waals surface area contributed by atoms with Crippen LogP contribution in [-0.2, 0) is 6.61 Å². The van der Waals surface area contributed by atoms with Crippen LogP contribution < -0.4 is 15.2 Å². The van der Waals surface area contributed by atoms with E-state index in [1.165, 1.54) is 19.2 Å². The van der Waals surface area contributed by atoms with Crippen LogP contribution in [0.15, 0.2) is 42.5 Å². The van der Waals surface area contributed by atoms with Crippen molar-refractivity contribution in [3.63, 3.8) is 0 Å². The van der Waals surface area contributed by atoms with Crippen molar-refractivity contribution < 1.29 is 19.2 Å². The highest BCUT2D eigenvalue weighted by Gasteiger charge is 2.16. The molecule has 0 saturated heterocycles. The minimum Gasteiger partial charge on any atom is -0.496 e. The first-order valence-electron chi connectivity index (χ1n) is 6.35. The monoisotopic (exact) mass is 302 g/mol. The largest absolute Gasteiger partial charge is 0.496 e. The molecule has 0 bridgehead atoms. The van der Waals surface area contributed by atoms with Crippen LogP contribution in [0.3, 0.4) is 0 Å². The summed E-state index contributed by atoms with van der Waals surface area (Å²) in [4.78, 5) is 21.5. The second-order valence-electron chi connectivity index (χ2n) is 4.44. The Morgan fingerprint density at radius 2 is 1.91 bits per heavy atom. The van der Waals surface area contributed by atoms with Crippen molar-refractivity contribution in [1.29, 1.82) is 0 Å². The first-order chi connectivity index (χ1) is 10.5. The predicted molar refractivity (Wildman–Crippen MR) is 78.9 cm³/mol. The van der Waals surface area contributed by atoms with E-state index in [0.717, 1.165) is 5.56 Å². The molecule has 0 fully saturated rings. The number of methoxy groups -OCH3 is 1. The van der Waals surface area contributed by atoms with Gasteiger partial charge < -0.3 is 15.2 Å². The van der Waals surface area contributed by atoms with Crippen molar-refractivity contribution in [2.45, 2.75) is 6.61 Å².